The number of carboxylic acid groups (broad SMARTS) is 1. The number of hydrogen-bond donors (Lipinski definition) is 3. The van der Waals surface area contributed by atoms with E-state index in [4.69, 9.17) is 0 Å². The summed E-state index contributed by atoms with van der Waals surface area (Å²) in [5.41, 5.74) is -1.81. The number of carboxylic acids is 1. The number of carbonyl (C=O) groups excluding carboxylic acids is 1. The third kappa shape index (κ3) is 2.83. The zero-order chi connectivity index (χ0) is 26.0. The van der Waals surface area contributed by atoms with Gasteiger partial charge in [0.15, 0.2) is 5.78 Å². The topological polar surface area (TPSA) is 94.8 Å². The van der Waals surface area contributed by atoms with E-state index in [9.17, 15) is 24.9 Å². The lowest BCUT2D eigenvalue weighted by molar-refractivity contribution is -0.213. The van der Waals surface area contributed by atoms with Crippen LogP contribution in [0.2, 0.25) is 0 Å². The van der Waals surface area contributed by atoms with Gasteiger partial charge in [-0.2, -0.15) is 0 Å². The molecule has 3 N–H and O–H groups in total. The number of rotatable bonds is 1. The average Bonchev–Trinajstić information content (AvgIpc) is 2.75. The summed E-state index contributed by atoms with van der Waals surface area (Å²) < 4.78 is 0. The largest absolute Gasteiger partial charge is 0.481 e. The SMILES string of the molecule is C[C@@H]1CC[C@]2(C(=O)O)CC[C@]3(C)C(=CC[C@@H]4[C@@]5(C)C[C@@H](O)C(=O)C(C)(C)C5CC[C@]43C)[C@H]2[C@]1(C)O. The minimum absolute atomic E-state index is 0.0158. The second kappa shape index (κ2) is 7.22. The van der Waals surface area contributed by atoms with Crippen LogP contribution in [-0.2, 0) is 9.59 Å². The number of fused-ring (bicyclic) bond motifs is 7. The molecule has 5 aliphatic rings. The molecule has 0 amide bonds. The molecule has 10 atom stereocenters. The van der Waals surface area contributed by atoms with Gasteiger partial charge in [0.25, 0.3) is 0 Å². The van der Waals surface area contributed by atoms with E-state index in [1.807, 2.05) is 20.8 Å². The minimum Gasteiger partial charge on any atom is -0.481 e. The molecule has 0 spiro atoms. The molecule has 0 bridgehead atoms. The van der Waals surface area contributed by atoms with E-state index < -0.39 is 28.5 Å². The highest BCUT2D eigenvalue weighted by atomic mass is 16.4. The fourth-order valence-corrected chi connectivity index (χ4v) is 10.8. The number of carbonyl (C=O) groups is 2. The van der Waals surface area contributed by atoms with Crippen LogP contribution in [0.4, 0.5) is 0 Å². The molecule has 5 rings (SSSR count). The number of hydrogen-bond acceptors (Lipinski definition) is 4. The Bertz CT molecular complexity index is 995. The van der Waals surface area contributed by atoms with Gasteiger partial charge >= 0.3 is 5.97 Å². The second-order valence-electron chi connectivity index (χ2n) is 14.7. The summed E-state index contributed by atoms with van der Waals surface area (Å²) in [6.07, 6.45) is 7.42. The zero-order valence-electron chi connectivity index (χ0n) is 22.8. The van der Waals surface area contributed by atoms with Gasteiger partial charge in [-0.05, 0) is 92.3 Å². The fourth-order valence-electron chi connectivity index (χ4n) is 10.8. The van der Waals surface area contributed by atoms with E-state index in [-0.39, 0.29) is 39.8 Å². The van der Waals surface area contributed by atoms with Gasteiger partial charge < -0.3 is 15.3 Å². The first kappa shape index (κ1) is 25.4. The molecular formula is C30H46O5. The standard InChI is InChI=1S/C30H46O5/c1-17-10-13-30(24(33)34)15-14-27(5)18(22(30)29(17,7)35)8-9-21-26(4)16-19(31)23(32)25(2,3)20(26)11-12-28(21,27)6/h8,17,19-22,31,35H,9-16H2,1-7H3,(H,33,34)/t17-,19-,20?,21-,22+,26+,27-,28-,29-,30+/m1/s1. The Labute approximate surface area is 210 Å². The van der Waals surface area contributed by atoms with Gasteiger partial charge in [0.2, 0.25) is 0 Å². The van der Waals surface area contributed by atoms with E-state index in [1.165, 1.54) is 5.57 Å². The van der Waals surface area contributed by atoms with E-state index in [0.29, 0.717) is 25.2 Å². The molecule has 0 aromatic heterocycles. The van der Waals surface area contributed by atoms with Gasteiger partial charge in [-0.25, -0.2) is 0 Å². The first-order chi connectivity index (χ1) is 16.0. The van der Waals surface area contributed by atoms with Crippen molar-refractivity contribution < 1.29 is 24.9 Å². The normalized spacial score (nSPS) is 55.1. The molecule has 5 aliphatic carbocycles. The van der Waals surface area contributed by atoms with Crippen molar-refractivity contribution in [1.82, 2.24) is 0 Å². The highest BCUT2D eigenvalue weighted by molar-refractivity contribution is 5.89. The van der Waals surface area contributed by atoms with Gasteiger partial charge in [-0.1, -0.05) is 53.2 Å². The quantitative estimate of drug-likeness (QED) is 0.432. The van der Waals surface area contributed by atoms with Crippen LogP contribution in [-0.4, -0.2) is 38.8 Å². The zero-order valence-corrected chi connectivity index (χ0v) is 22.8. The van der Waals surface area contributed by atoms with Gasteiger partial charge in [-0.3, -0.25) is 9.59 Å². The van der Waals surface area contributed by atoms with Crippen molar-refractivity contribution in [3.63, 3.8) is 0 Å². The van der Waals surface area contributed by atoms with E-state index >= 15 is 0 Å². The Hall–Kier alpha value is -1.20. The molecule has 1 unspecified atom stereocenters. The molecule has 4 fully saturated rings. The summed E-state index contributed by atoms with van der Waals surface area (Å²) in [4.78, 5) is 25.8. The second-order valence-corrected chi connectivity index (χ2v) is 14.7. The van der Waals surface area contributed by atoms with Gasteiger partial charge in [0.1, 0.15) is 6.10 Å². The molecule has 196 valence electrons. The first-order valence-electron chi connectivity index (χ1n) is 13.9. The first-order valence-corrected chi connectivity index (χ1v) is 13.9. The van der Waals surface area contributed by atoms with Crippen molar-refractivity contribution >= 4 is 11.8 Å². The smallest absolute Gasteiger partial charge is 0.310 e. The van der Waals surface area contributed by atoms with Crippen molar-refractivity contribution in [2.45, 2.75) is 112 Å². The Morgan fingerprint density at radius 1 is 0.971 bits per heavy atom. The average molecular weight is 487 g/mol. The van der Waals surface area contributed by atoms with Gasteiger partial charge in [-0.15, -0.1) is 0 Å². The Balaban J connectivity index is 1.65. The number of aliphatic carboxylic acids is 1. The minimum atomic E-state index is -1.07. The van der Waals surface area contributed by atoms with Crippen LogP contribution in [0.25, 0.3) is 0 Å². The number of allylic oxidation sites excluding steroid dienone is 1. The summed E-state index contributed by atoms with van der Waals surface area (Å²) >= 11 is 0. The predicted octanol–water partition coefficient (Wildman–Crippen LogP) is 5.38. The lowest BCUT2D eigenvalue weighted by Crippen LogP contribution is -2.68. The monoisotopic (exact) mass is 486 g/mol. The van der Waals surface area contributed by atoms with Crippen LogP contribution in [0.1, 0.15) is 99.8 Å². The molecule has 0 aromatic rings. The molecule has 0 radical (unpaired) electrons. The van der Waals surface area contributed by atoms with Gasteiger partial charge in [0, 0.05) is 11.3 Å². The van der Waals surface area contributed by atoms with Crippen LogP contribution < -0.4 is 0 Å². The summed E-state index contributed by atoms with van der Waals surface area (Å²) in [7, 11) is 0. The van der Waals surface area contributed by atoms with E-state index in [2.05, 4.69) is 33.8 Å². The summed E-state index contributed by atoms with van der Waals surface area (Å²) in [5.74, 6) is -0.584. The molecule has 0 aliphatic heterocycles. The predicted molar refractivity (Wildman–Crippen MR) is 134 cm³/mol. The lowest BCUT2D eigenvalue weighted by Gasteiger charge is -2.71. The van der Waals surface area contributed by atoms with Crippen molar-refractivity contribution in [3.05, 3.63) is 11.6 Å². The van der Waals surface area contributed by atoms with Crippen LogP contribution in [0.15, 0.2) is 11.6 Å². The maximum absolute atomic E-state index is 13.0. The Morgan fingerprint density at radius 3 is 2.26 bits per heavy atom. The van der Waals surface area contributed by atoms with E-state index in [1.54, 1.807) is 0 Å². The number of aliphatic hydroxyl groups is 2. The highest BCUT2D eigenvalue weighted by Gasteiger charge is 2.71. The maximum atomic E-state index is 13.0. The van der Waals surface area contributed by atoms with Crippen molar-refractivity contribution in [1.29, 1.82) is 0 Å². The van der Waals surface area contributed by atoms with Crippen LogP contribution >= 0.6 is 0 Å². The maximum Gasteiger partial charge on any atom is 0.310 e. The Morgan fingerprint density at radius 2 is 1.63 bits per heavy atom. The molecule has 0 saturated heterocycles. The molecule has 5 nitrogen and oxygen atoms in total. The van der Waals surface area contributed by atoms with Gasteiger partial charge in [0.05, 0.1) is 11.0 Å². The lowest BCUT2D eigenvalue weighted by atomic mass is 9.33. The van der Waals surface area contributed by atoms with Crippen LogP contribution in [0.3, 0.4) is 0 Å². The van der Waals surface area contributed by atoms with Crippen LogP contribution in [0.5, 0.6) is 0 Å². The van der Waals surface area contributed by atoms with Crippen molar-refractivity contribution in [3.8, 4) is 0 Å². The molecular weight excluding hydrogens is 440 g/mol. The molecule has 4 saturated carbocycles. The van der Waals surface area contributed by atoms with E-state index in [0.717, 1.165) is 32.1 Å². The fraction of sp³-hybridized carbons (Fsp3) is 0.867. The number of aliphatic hydroxyl groups excluding tert-OH is 1. The van der Waals surface area contributed by atoms with Crippen molar-refractivity contribution in [2.75, 3.05) is 0 Å². The number of ketones is 1. The third-order valence-electron chi connectivity index (χ3n) is 13.2. The Kier molecular flexibility index (Phi) is 5.25. The number of Topliss-reactive ketones (excluding diaryl/α,β-unsaturated/α-hetero) is 1. The summed E-state index contributed by atoms with van der Waals surface area (Å²) in [6, 6.07) is 0. The van der Waals surface area contributed by atoms with Crippen molar-refractivity contribution in [2.24, 2.45) is 50.7 Å². The third-order valence-corrected chi connectivity index (χ3v) is 13.2. The molecule has 0 aromatic carbocycles. The molecule has 5 heteroatoms. The summed E-state index contributed by atoms with van der Waals surface area (Å²) in [6.45, 7) is 15.0. The molecule has 0 heterocycles. The van der Waals surface area contributed by atoms with Crippen LogP contribution in [0, 0.1) is 50.7 Å². The highest BCUT2D eigenvalue weighted by Crippen LogP contribution is 2.75. The molecule has 35 heavy (non-hydrogen) atoms. The summed E-state index contributed by atoms with van der Waals surface area (Å²) in [5, 5.41) is 33.3.